The highest BCUT2D eigenvalue weighted by Gasteiger charge is 2.26. The molecule has 1 nitrogen and oxygen atoms in total. The molecule has 1 N–H and O–H groups in total. The second kappa shape index (κ2) is 5.77. The standard InChI is InChI=1S/C17H27N/c1-12(2)15-8-6-9-16(11-15)18-17-10-5-7-13(3)14(17)4/h6,8-9,11-14,17-18H,5,7,10H2,1-4H3. The monoisotopic (exact) mass is 245 g/mol. The third kappa shape index (κ3) is 3.07. The average Bonchev–Trinajstić information content (AvgIpc) is 2.35. The van der Waals surface area contributed by atoms with Crippen LogP contribution in [0.5, 0.6) is 0 Å². The largest absolute Gasteiger partial charge is 0.382 e. The van der Waals surface area contributed by atoms with Crippen molar-refractivity contribution in [3.63, 3.8) is 0 Å². The number of benzene rings is 1. The van der Waals surface area contributed by atoms with E-state index in [4.69, 9.17) is 0 Å². The maximum atomic E-state index is 3.76. The van der Waals surface area contributed by atoms with Crippen LogP contribution in [0, 0.1) is 11.8 Å². The van der Waals surface area contributed by atoms with Crippen LogP contribution in [0.15, 0.2) is 24.3 Å². The van der Waals surface area contributed by atoms with Crippen molar-refractivity contribution in [3.05, 3.63) is 29.8 Å². The number of nitrogens with one attached hydrogen (secondary N) is 1. The lowest BCUT2D eigenvalue weighted by Crippen LogP contribution is -2.35. The van der Waals surface area contributed by atoms with Crippen LogP contribution in [-0.4, -0.2) is 6.04 Å². The SMILES string of the molecule is CC(C)c1cccc(NC2CCCC(C)C2C)c1. The molecule has 0 amide bonds. The van der Waals surface area contributed by atoms with Gasteiger partial charge in [-0.1, -0.05) is 52.7 Å². The topological polar surface area (TPSA) is 12.0 Å². The Morgan fingerprint density at radius 2 is 1.94 bits per heavy atom. The Balaban J connectivity index is 2.06. The summed E-state index contributed by atoms with van der Waals surface area (Å²) in [4.78, 5) is 0. The molecule has 0 saturated heterocycles. The summed E-state index contributed by atoms with van der Waals surface area (Å²) >= 11 is 0. The van der Waals surface area contributed by atoms with Gasteiger partial charge in [-0.05, 0) is 41.9 Å². The molecule has 0 spiro atoms. The molecule has 1 aromatic rings. The average molecular weight is 245 g/mol. The molecule has 1 aromatic carbocycles. The van der Waals surface area contributed by atoms with Crippen LogP contribution in [0.3, 0.4) is 0 Å². The quantitative estimate of drug-likeness (QED) is 0.786. The molecule has 0 aliphatic heterocycles. The van der Waals surface area contributed by atoms with E-state index in [0.717, 1.165) is 11.8 Å². The number of hydrogen-bond acceptors (Lipinski definition) is 1. The van der Waals surface area contributed by atoms with E-state index in [2.05, 4.69) is 57.3 Å². The number of rotatable bonds is 3. The van der Waals surface area contributed by atoms with E-state index in [0.29, 0.717) is 12.0 Å². The fraction of sp³-hybridized carbons (Fsp3) is 0.647. The van der Waals surface area contributed by atoms with Gasteiger partial charge in [0.2, 0.25) is 0 Å². The lowest BCUT2D eigenvalue weighted by atomic mass is 9.78. The predicted molar refractivity (Wildman–Crippen MR) is 80.1 cm³/mol. The summed E-state index contributed by atoms with van der Waals surface area (Å²) in [6.45, 7) is 9.30. The van der Waals surface area contributed by atoms with Gasteiger partial charge in [-0.3, -0.25) is 0 Å². The first-order valence-electron chi connectivity index (χ1n) is 7.44. The summed E-state index contributed by atoms with van der Waals surface area (Å²) in [5.41, 5.74) is 2.73. The normalized spacial score (nSPS) is 28.4. The number of anilines is 1. The predicted octanol–water partition coefficient (Wildman–Crippen LogP) is 5.05. The van der Waals surface area contributed by atoms with Crippen LogP contribution in [-0.2, 0) is 0 Å². The molecular weight excluding hydrogens is 218 g/mol. The van der Waals surface area contributed by atoms with E-state index in [-0.39, 0.29) is 0 Å². The molecule has 0 heterocycles. The molecular formula is C17H27N. The van der Waals surface area contributed by atoms with E-state index < -0.39 is 0 Å². The summed E-state index contributed by atoms with van der Waals surface area (Å²) in [7, 11) is 0. The second-order valence-electron chi connectivity index (χ2n) is 6.30. The van der Waals surface area contributed by atoms with Crippen molar-refractivity contribution in [1.82, 2.24) is 0 Å². The van der Waals surface area contributed by atoms with Gasteiger partial charge >= 0.3 is 0 Å². The maximum absolute atomic E-state index is 3.76. The van der Waals surface area contributed by atoms with Crippen LogP contribution in [0.4, 0.5) is 5.69 Å². The first-order valence-corrected chi connectivity index (χ1v) is 7.44. The molecule has 0 aromatic heterocycles. The highest BCUT2D eigenvalue weighted by molar-refractivity contribution is 5.47. The lowest BCUT2D eigenvalue weighted by Gasteiger charge is -2.35. The summed E-state index contributed by atoms with van der Waals surface area (Å²) in [5, 5.41) is 3.76. The zero-order valence-corrected chi connectivity index (χ0v) is 12.2. The van der Waals surface area contributed by atoms with Gasteiger partial charge in [-0.25, -0.2) is 0 Å². The van der Waals surface area contributed by atoms with Gasteiger partial charge in [-0.2, -0.15) is 0 Å². The number of hydrogen-bond donors (Lipinski definition) is 1. The molecule has 1 fully saturated rings. The van der Waals surface area contributed by atoms with Gasteiger partial charge in [0, 0.05) is 11.7 Å². The molecule has 3 atom stereocenters. The van der Waals surface area contributed by atoms with Crippen LogP contribution in [0.2, 0.25) is 0 Å². The molecule has 1 aliphatic rings. The van der Waals surface area contributed by atoms with Crippen molar-refractivity contribution in [3.8, 4) is 0 Å². The van der Waals surface area contributed by atoms with E-state index in [1.165, 1.54) is 30.5 Å². The minimum Gasteiger partial charge on any atom is -0.382 e. The fourth-order valence-electron chi connectivity index (χ4n) is 2.99. The van der Waals surface area contributed by atoms with Gasteiger partial charge in [-0.15, -0.1) is 0 Å². The lowest BCUT2D eigenvalue weighted by molar-refractivity contribution is 0.253. The molecule has 0 radical (unpaired) electrons. The van der Waals surface area contributed by atoms with Gasteiger partial charge in [0.25, 0.3) is 0 Å². The second-order valence-corrected chi connectivity index (χ2v) is 6.30. The first-order chi connectivity index (χ1) is 8.58. The highest BCUT2D eigenvalue weighted by Crippen LogP contribution is 2.32. The first kappa shape index (κ1) is 13.5. The van der Waals surface area contributed by atoms with Gasteiger partial charge in [0.05, 0.1) is 0 Å². The molecule has 18 heavy (non-hydrogen) atoms. The summed E-state index contributed by atoms with van der Waals surface area (Å²) < 4.78 is 0. The van der Waals surface area contributed by atoms with E-state index >= 15 is 0 Å². The minimum atomic E-state index is 0.606. The molecule has 3 unspecified atom stereocenters. The smallest absolute Gasteiger partial charge is 0.0345 e. The van der Waals surface area contributed by atoms with Gasteiger partial charge in [0.1, 0.15) is 0 Å². The van der Waals surface area contributed by atoms with Crippen LogP contribution in [0.1, 0.15) is 58.4 Å². The zero-order chi connectivity index (χ0) is 13.1. The Bertz CT molecular complexity index is 383. The molecule has 2 rings (SSSR count). The molecule has 1 heteroatoms. The minimum absolute atomic E-state index is 0.606. The third-order valence-electron chi connectivity index (χ3n) is 4.61. The van der Waals surface area contributed by atoms with Gasteiger partial charge in [0.15, 0.2) is 0 Å². The Morgan fingerprint density at radius 3 is 2.67 bits per heavy atom. The van der Waals surface area contributed by atoms with Gasteiger partial charge < -0.3 is 5.32 Å². The molecule has 0 bridgehead atoms. The van der Waals surface area contributed by atoms with Crippen molar-refractivity contribution in [1.29, 1.82) is 0 Å². The van der Waals surface area contributed by atoms with Crippen molar-refractivity contribution in [2.45, 2.75) is 58.9 Å². The van der Waals surface area contributed by atoms with Crippen LogP contribution < -0.4 is 5.32 Å². The van der Waals surface area contributed by atoms with E-state index in [1.54, 1.807) is 0 Å². The van der Waals surface area contributed by atoms with Crippen molar-refractivity contribution in [2.24, 2.45) is 11.8 Å². The third-order valence-corrected chi connectivity index (χ3v) is 4.61. The Labute approximate surface area is 112 Å². The van der Waals surface area contributed by atoms with Crippen molar-refractivity contribution in [2.75, 3.05) is 5.32 Å². The highest BCUT2D eigenvalue weighted by atomic mass is 14.9. The van der Waals surface area contributed by atoms with Crippen LogP contribution in [0.25, 0.3) is 0 Å². The van der Waals surface area contributed by atoms with E-state index in [9.17, 15) is 0 Å². The summed E-state index contributed by atoms with van der Waals surface area (Å²) in [6.07, 6.45) is 4.08. The Kier molecular flexibility index (Phi) is 4.31. The summed E-state index contributed by atoms with van der Waals surface area (Å²) in [6, 6.07) is 9.57. The zero-order valence-electron chi connectivity index (χ0n) is 12.2. The molecule has 1 aliphatic carbocycles. The van der Waals surface area contributed by atoms with E-state index in [1.807, 2.05) is 0 Å². The van der Waals surface area contributed by atoms with Crippen molar-refractivity contribution >= 4 is 5.69 Å². The van der Waals surface area contributed by atoms with Crippen LogP contribution >= 0.6 is 0 Å². The Hall–Kier alpha value is -0.980. The fourth-order valence-corrected chi connectivity index (χ4v) is 2.99. The van der Waals surface area contributed by atoms with Crippen molar-refractivity contribution < 1.29 is 0 Å². The Morgan fingerprint density at radius 1 is 1.17 bits per heavy atom. The molecule has 100 valence electrons. The summed E-state index contributed by atoms with van der Waals surface area (Å²) in [5.74, 6) is 2.24. The molecule has 1 saturated carbocycles. The maximum Gasteiger partial charge on any atom is 0.0345 e.